The van der Waals surface area contributed by atoms with Gasteiger partial charge in [-0.3, -0.25) is 14.5 Å². The van der Waals surface area contributed by atoms with Crippen molar-refractivity contribution in [2.24, 2.45) is 0 Å². The SMILES string of the molecule is COc1ccc(NC(=O)CCCN2C(=O)NC(C)(C)C2=O)cc1Cl. The van der Waals surface area contributed by atoms with Gasteiger partial charge in [0.25, 0.3) is 5.91 Å². The van der Waals surface area contributed by atoms with Gasteiger partial charge in [-0.05, 0) is 38.5 Å². The van der Waals surface area contributed by atoms with Crippen LogP contribution in [0.15, 0.2) is 18.2 Å². The highest BCUT2D eigenvalue weighted by Crippen LogP contribution is 2.27. The number of hydrogen-bond donors (Lipinski definition) is 2. The van der Waals surface area contributed by atoms with Crippen LogP contribution < -0.4 is 15.4 Å². The van der Waals surface area contributed by atoms with Crippen molar-refractivity contribution in [3.63, 3.8) is 0 Å². The molecule has 0 bridgehead atoms. The highest BCUT2D eigenvalue weighted by molar-refractivity contribution is 6.32. The second-order valence-electron chi connectivity index (χ2n) is 6.01. The van der Waals surface area contributed by atoms with E-state index in [1.165, 1.54) is 7.11 Å². The van der Waals surface area contributed by atoms with E-state index < -0.39 is 11.6 Å². The molecule has 0 unspecified atom stereocenters. The Morgan fingerprint density at radius 3 is 2.62 bits per heavy atom. The van der Waals surface area contributed by atoms with Crippen molar-refractivity contribution in [3.05, 3.63) is 23.2 Å². The summed E-state index contributed by atoms with van der Waals surface area (Å²) < 4.78 is 5.04. The predicted molar refractivity (Wildman–Crippen MR) is 90.2 cm³/mol. The number of anilines is 1. The Morgan fingerprint density at radius 2 is 2.08 bits per heavy atom. The molecule has 0 spiro atoms. The topological polar surface area (TPSA) is 87.7 Å². The number of halogens is 1. The van der Waals surface area contributed by atoms with Gasteiger partial charge in [-0.15, -0.1) is 0 Å². The van der Waals surface area contributed by atoms with E-state index in [0.29, 0.717) is 22.9 Å². The first-order valence-electron chi connectivity index (χ1n) is 7.52. The van der Waals surface area contributed by atoms with Gasteiger partial charge in [0.15, 0.2) is 0 Å². The molecule has 1 aromatic carbocycles. The van der Waals surface area contributed by atoms with Gasteiger partial charge in [-0.1, -0.05) is 11.6 Å². The quantitative estimate of drug-likeness (QED) is 0.769. The number of ether oxygens (including phenoxy) is 1. The predicted octanol–water partition coefficient (Wildman–Crippen LogP) is 2.40. The van der Waals surface area contributed by atoms with Crippen molar-refractivity contribution in [3.8, 4) is 5.75 Å². The van der Waals surface area contributed by atoms with Gasteiger partial charge in [0.05, 0.1) is 12.1 Å². The number of benzene rings is 1. The minimum absolute atomic E-state index is 0.182. The second-order valence-corrected chi connectivity index (χ2v) is 6.42. The Kier molecular flexibility index (Phi) is 5.33. The van der Waals surface area contributed by atoms with Crippen LogP contribution in [0.25, 0.3) is 0 Å². The summed E-state index contributed by atoms with van der Waals surface area (Å²) in [4.78, 5) is 36.8. The Bertz CT molecular complexity index is 675. The van der Waals surface area contributed by atoms with E-state index in [-0.39, 0.29) is 24.8 Å². The van der Waals surface area contributed by atoms with Crippen molar-refractivity contribution in [2.45, 2.75) is 32.2 Å². The van der Waals surface area contributed by atoms with Gasteiger partial charge in [0.1, 0.15) is 11.3 Å². The number of amides is 4. The van der Waals surface area contributed by atoms with E-state index in [1.807, 2.05) is 0 Å². The number of carbonyl (C=O) groups is 3. The molecule has 4 amide bonds. The van der Waals surface area contributed by atoms with E-state index >= 15 is 0 Å². The smallest absolute Gasteiger partial charge is 0.325 e. The number of imide groups is 1. The average Bonchev–Trinajstić information content (AvgIpc) is 2.69. The fraction of sp³-hybridized carbons (Fsp3) is 0.438. The standard InChI is InChI=1S/C16H20ClN3O4/c1-16(2)14(22)20(15(23)19-16)8-4-5-13(21)18-10-6-7-12(24-3)11(17)9-10/h6-7,9H,4-5,8H2,1-3H3,(H,18,21)(H,19,23). The second kappa shape index (κ2) is 7.09. The van der Waals surface area contributed by atoms with E-state index in [4.69, 9.17) is 16.3 Å². The number of nitrogens with zero attached hydrogens (tertiary/aromatic N) is 1. The third kappa shape index (κ3) is 3.97. The Labute approximate surface area is 145 Å². The fourth-order valence-corrected chi connectivity index (χ4v) is 2.64. The number of methoxy groups -OCH3 is 1. The first-order chi connectivity index (χ1) is 11.2. The van der Waals surface area contributed by atoms with Gasteiger partial charge >= 0.3 is 6.03 Å². The molecule has 130 valence electrons. The van der Waals surface area contributed by atoms with Gasteiger partial charge in [0.2, 0.25) is 5.91 Å². The summed E-state index contributed by atoms with van der Waals surface area (Å²) in [7, 11) is 1.51. The lowest BCUT2D eigenvalue weighted by molar-refractivity contribution is -0.130. The lowest BCUT2D eigenvalue weighted by Gasteiger charge is -2.15. The summed E-state index contributed by atoms with van der Waals surface area (Å²) in [6.07, 6.45) is 0.562. The zero-order valence-corrected chi connectivity index (χ0v) is 14.6. The fourth-order valence-electron chi connectivity index (χ4n) is 2.39. The molecular formula is C16H20ClN3O4. The average molecular weight is 354 g/mol. The van der Waals surface area contributed by atoms with Gasteiger partial charge in [-0.25, -0.2) is 4.79 Å². The molecule has 1 fully saturated rings. The van der Waals surface area contributed by atoms with Crippen LogP contribution in [0.1, 0.15) is 26.7 Å². The molecule has 0 saturated carbocycles. The van der Waals surface area contributed by atoms with Gasteiger partial charge in [0, 0.05) is 18.7 Å². The molecule has 0 atom stereocenters. The summed E-state index contributed by atoms with van der Waals surface area (Å²) in [5.74, 6) is 0.0215. The van der Waals surface area contributed by atoms with E-state index in [0.717, 1.165) is 4.90 Å². The van der Waals surface area contributed by atoms with Crippen molar-refractivity contribution in [2.75, 3.05) is 19.0 Å². The molecular weight excluding hydrogens is 334 g/mol. The molecule has 0 aliphatic carbocycles. The Morgan fingerprint density at radius 1 is 1.38 bits per heavy atom. The van der Waals surface area contributed by atoms with Crippen molar-refractivity contribution in [1.29, 1.82) is 0 Å². The van der Waals surface area contributed by atoms with Crippen LogP contribution in [0.2, 0.25) is 5.02 Å². The molecule has 1 heterocycles. The molecule has 1 aliphatic rings. The van der Waals surface area contributed by atoms with Crippen molar-refractivity contribution in [1.82, 2.24) is 10.2 Å². The van der Waals surface area contributed by atoms with Gasteiger partial charge < -0.3 is 15.4 Å². The Hall–Kier alpha value is -2.28. The maximum atomic E-state index is 12.0. The third-order valence-electron chi connectivity index (χ3n) is 3.67. The Balaban J connectivity index is 1.83. The molecule has 1 aliphatic heterocycles. The summed E-state index contributed by atoms with van der Waals surface area (Å²) in [5.41, 5.74) is -0.332. The molecule has 1 saturated heterocycles. The zero-order chi connectivity index (χ0) is 17.9. The van der Waals surface area contributed by atoms with Crippen LogP contribution in [0.3, 0.4) is 0 Å². The minimum atomic E-state index is -0.890. The van der Waals surface area contributed by atoms with Gasteiger partial charge in [-0.2, -0.15) is 0 Å². The molecule has 1 aromatic rings. The monoisotopic (exact) mass is 353 g/mol. The number of nitrogens with one attached hydrogen (secondary N) is 2. The highest BCUT2D eigenvalue weighted by atomic mass is 35.5. The normalized spacial score (nSPS) is 16.1. The molecule has 0 radical (unpaired) electrons. The number of carbonyl (C=O) groups excluding carboxylic acids is 3. The zero-order valence-electron chi connectivity index (χ0n) is 13.8. The summed E-state index contributed by atoms with van der Waals surface area (Å²) in [6, 6.07) is 4.51. The molecule has 2 rings (SSSR count). The van der Waals surface area contributed by atoms with E-state index in [1.54, 1.807) is 32.0 Å². The maximum absolute atomic E-state index is 12.0. The number of rotatable bonds is 6. The van der Waals surface area contributed by atoms with Crippen LogP contribution in [0.4, 0.5) is 10.5 Å². The number of urea groups is 1. The van der Waals surface area contributed by atoms with Crippen LogP contribution in [-0.2, 0) is 9.59 Å². The third-order valence-corrected chi connectivity index (χ3v) is 3.96. The first kappa shape index (κ1) is 18.1. The number of hydrogen-bond acceptors (Lipinski definition) is 4. The lowest BCUT2D eigenvalue weighted by Crippen LogP contribution is -2.40. The maximum Gasteiger partial charge on any atom is 0.325 e. The highest BCUT2D eigenvalue weighted by Gasteiger charge is 2.43. The largest absolute Gasteiger partial charge is 0.495 e. The van der Waals surface area contributed by atoms with Crippen LogP contribution in [0, 0.1) is 0 Å². The molecule has 7 nitrogen and oxygen atoms in total. The summed E-state index contributed by atoms with van der Waals surface area (Å²) in [5, 5.41) is 5.71. The minimum Gasteiger partial charge on any atom is -0.495 e. The molecule has 8 heteroatoms. The van der Waals surface area contributed by atoms with Crippen molar-refractivity contribution >= 4 is 35.1 Å². The first-order valence-corrected chi connectivity index (χ1v) is 7.90. The van der Waals surface area contributed by atoms with Crippen LogP contribution in [0.5, 0.6) is 5.75 Å². The van der Waals surface area contributed by atoms with Crippen LogP contribution in [-0.4, -0.2) is 41.9 Å². The van der Waals surface area contributed by atoms with Crippen molar-refractivity contribution < 1.29 is 19.1 Å². The van der Waals surface area contributed by atoms with E-state index in [9.17, 15) is 14.4 Å². The molecule has 2 N–H and O–H groups in total. The lowest BCUT2D eigenvalue weighted by atomic mass is 10.1. The summed E-state index contributed by atoms with van der Waals surface area (Å²) >= 11 is 6.00. The van der Waals surface area contributed by atoms with E-state index in [2.05, 4.69) is 10.6 Å². The molecule has 24 heavy (non-hydrogen) atoms. The molecule has 0 aromatic heterocycles. The van der Waals surface area contributed by atoms with Crippen LogP contribution >= 0.6 is 11.6 Å². The summed E-state index contributed by atoms with van der Waals surface area (Å²) in [6.45, 7) is 3.49.